The lowest BCUT2D eigenvalue weighted by atomic mass is 10.2. The van der Waals surface area contributed by atoms with Crippen LogP contribution in [0.5, 0.6) is 0 Å². The third-order valence-corrected chi connectivity index (χ3v) is 5.08. The van der Waals surface area contributed by atoms with Crippen molar-refractivity contribution < 1.29 is 13.2 Å². The first kappa shape index (κ1) is 15.5. The summed E-state index contributed by atoms with van der Waals surface area (Å²) < 4.78 is 24.9. The number of benzene rings is 1. The number of halogens is 1. The van der Waals surface area contributed by atoms with Gasteiger partial charge >= 0.3 is 0 Å². The van der Waals surface area contributed by atoms with E-state index in [1.807, 2.05) is 0 Å². The van der Waals surface area contributed by atoms with E-state index in [2.05, 4.69) is 26.6 Å². The topological polar surface area (TPSA) is 75.3 Å². The molecule has 1 aromatic carbocycles. The molecule has 0 aromatic heterocycles. The van der Waals surface area contributed by atoms with Crippen LogP contribution in [-0.2, 0) is 20.4 Å². The Balaban J connectivity index is 1.89. The number of amides is 1. The summed E-state index contributed by atoms with van der Waals surface area (Å²) in [6, 6.07) is 7.09. The van der Waals surface area contributed by atoms with Gasteiger partial charge in [0, 0.05) is 17.1 Å². The number of nitrogens with one attached hydrogen (secondary N) is 2. The lowest BCUT2D eigenvalue weighted by Crippen LogP contribution is -2.39. The first-order valence-electron chi connectivity index (χ1n) is 6.39. The SMILES string of the molecule is O=C(CS(=O)(=O)Cc1ccc(Br)cc1)NC1CCNC1. The Bertz CT molecular complexity index is 566. The summed E-state index contributed by atoms with van der Waals surface area (Å²) in [5.41, 5.74) is 0.684. The molecule has 0 bridgehead atoms. The minimum absolute atomic E-state index is 0.0466. The summed E-state index contributed by atoms with van der Waals surface area (Å²) in [4.78, 5) is 11.7. The number of hydrogen-bond acceptors (Lipinski definition) is 4. The third-order valence-electron chi connectivity index (χ3n) is 3.08. The second-order valence-electron chi connectivity index (χ2n) is 4.92. The summed E-state index contributed by atoms with van der Waals surface area (Å²) in [6.45, 7) is 1.56. The van der Waals surface area contributed by atoms with Crippen LogP contribution in [0.2, 0.25) is 0 Å². The van der Waals surface area contributed by atoms with Crippen LogP contribution in [0, 0.1) is 0 Å². The zero-order valence-corrected chi connectivity index (χ0v) is 13.3. The molecular weight excluding hydrogens is 344 g/mol. The van der Waals surface area contributed by atoms with Gasteiger partial charge < -0.3 is 10.6 Å². The zero-order chi connectivity index (χ0) is 14.6. The fourth-order valence-corrected chi connectivity index (χ4v) is 3.68. The largest absolute Gasteiger partial charge is 0.351 e. The third kappa shape index (κ3) is 4.88. The summed E-state index contributed by atoms with van der Waals surface area (Å²) in [5.74, 6) is -0.994. The molecule has 1 saturated heterocycles. The maximum Gasteiger partial charge on any atom is 0.235 e. The van der Waals surface area contributed by atoms with E-state index in [-0.39, 0.29) is 11.8 Å². The van der Waals surface area contributed by atoms with Gasteiger partial charge in [-0.05, 0) is 30.7 Å². The van der Waals surface area contributed by atoms with Gasteiger partial charge in [0.15, 0.2) is 9.84 Å². The van der Waals surface area contributed by atoms with Crippen molar-refractivity contribution in [3.8, 4) is 0 Å². The van der Waals surface area contributed by atoms with E-state index in [1.54, 1.807) is 24.3 Å². The first-order valence-corrected chi connectivity index (χ1v) is 9.01. The lowest BCUT2D eigenvalue weighted by Gasteiger charge is -2.11. The van der Waals surface area contributed by atoms with Crippen LogP contribution >= 0.6 is 15.9 Å². The molecule has 1 unspecified atom stereocenters. The molecule has 1 fully saturated rings. The molecule has 0 saturated carbocycles. The molecule has 0 radical (unpaired) electrons. The zero-order valence-electron chi connectivity index (χ0n) is 10.9. The molecule has 5 nitrogen and oxygen atoms in total. The Morgan fingerprint density at radius 2 is 2.05 bits per heavy atom. The molecular formula is C13H17BrN2O3S. The molecule has 1 aliphatic heterocycles. The van der Waals surface area contributed by atoms with Crippen molar-refractivity contribution >= 4 is 31.7 Å². The van der Waals surface area contributed by atoms with Crippen molar-refractivity contribution in [1.82, 2.24) is 10.6 Å². The Kier molecular flexibility index (Phi) is 5.17. The van der Waals surface area contributed by atoms with Gasteiger partial charge in [0.05, 0.1) is 5.75 Å². The van der Waals surface area contributed by atoms with Crippen LogP contribution in [0.4, 0.5) is 0 Å². The van der Waals surface area contributed by atoms with Crippen LogP contribution in [0.3, 0.4) is 0 Å². The second-order valence-corrected chi connectivity index (χ2v) is 7.90. The molecule has 1 aliphatic rings. The van der Waals surface area contributed by atoms with Crippen molar-refractivity contribution in [2.75, 3.05) is 18.8 Å². The number of sulfone groups is 1. The van der Waals surface area contributed by atoms with Gasteiger partial charge in [-0.15, -0.1) is 0 Å². The molecule has 7 heteroatoms. The minimum Gasteiger partial charge on any atom is -0.351 e. The number of carbonyl (C=O) groups is 1. The molecule has 110 valence electrons. The summed E-state index contributed by atoms with van der Waals surface area (Å²) in [5, 5.41) is 5.86. The molecule has 2 N–H and O–H groups in total. The van der Waals surface area contributed by atoms with Crippen LogP contribution in [0.1, 0.15) is 12.0 Å². The fourth-order valence-electron chi connectivity index (χ4n) is 2.13. The van der Waals surface area contributed by atoms with Crippen LogP contribution < -0.4 is 10.6 Å². The van der Waals surface area contributed by atoms with Crippen molar-refractivity contribution in [1.29, 1.82) is 0 Å². The first-order chi connectivity index (χ1) is 9.44. The number of rotatable bonds is 5. The second kappa shape index (κ2) is 6.69. The molecule has 1 amide bonds. The lowest BCUT2D eigenvalue weighted by molar-refractivity contribution is -0.119. The maximum absolute atomic E-state index is 12.0. The standard InChI is InChI=1S/C13H17BrN2O3S/c14-11-3-1-10(2-4-11)8-20(18,19)9-13(17)16-12-5-6-15-7-12/h1-4,12,15H,5-9H2,(H,16,17). The highest BCUT2D eigenvalue weighted by molar-refractivity contribution is 9.10. The van der Waals surface area contributed by atoms with Gasteiger partial charge in [-0.1, -0.05) is 28.1 Å². The minimum atomic E-state index is -3.44. The van der Waals surface area contributed by atoms with Gasteiger partial charge in [0.2, 0.25) is 5.91 Å². The molecule has 20 heavy (non-hydrogen) atoms. The van der Waals surface area contributed by atoms with E-state index in [9.17, 15) is 13.2 Å². The van der Waals surface area contributed by atoms with E-state index >= 15 is 0 Å². The molecule has 0 spiro atoms. The summed E-state index contributed by atoms with van der Waals surface area (Å²) >= 11 is 3.29. The molecule has 0 aliphatic carbocycles. The highest BCUT2D eigenvalue weighted by Crippen LogP contribution is 2.13. The Hall–Kier alpha value is -0.920. The normalized spacial score (nSPS) is 18.9. The smallest absolute Gasteiger partial charge is 0.235 e. The maximum atomic E-state index is 12.0. The van der Waals surface area contributed by atoms with Crippen molar-refractivity contribution in [2.45, 2.75) is 18.2 Å². The van der Waals surface area contributed by atoms with Crippen LogP contribution in [-0.4, -0.2) is 39.2 Å². The number of hydrogen-bond donors (Lipinski definition) is 2. The summed E-state index contributed by atoms with van der Waals surface area (Å²) in [6.07, 6.45) is 0.846. The highest BCUT2D eigenvalue weighted by atomic mass is 79.9. The van der Waals surface area contributed by atoms with Gasteiger partial charge in [-0.2, -0.15) is 0 Å². The van der Waals surface area contributed by atoms with Gasteiger partial charge in [-0.25, -0.2) is 8.42 Å². The Morgan fingerprint density at radius 3 is 2.65 bits per heavy atom. The van der Waals surface area contributed by atoms with E-state index < -0.39 is 21.5 Å². The van der Waals surface area contributed by atoms with E-state index in [0.717, 1.165) is 17.4 Å². The molecule has 2 rings (SSSR count). The highest BCUT2D eigenvalue weighted by Gasteiger charge is 2.21. The quantitative estimate of drug-likeness (QED) is 0.815. The van der Waals surface area contributed by atoms with Crippen LogP contribution in [0.15, 0.2) is 28.7 Å². The number of carbonyl (C=O) groups excluding carboxylic acids is 1. The van der Waals surface area contributed by atoms with E-state index in [0.29, 0.717) is 12.1 Å². The monoisotopic (exact) mass is 360 g/mol. The molecule has 1 aromatic rings. The van der Waals surface area contributed by atoms with E-state index in [1.165, 1.54) is 0 Å². The van der Waals surface area contributed by atoms with Gasteiger partial charge in [-0.3, -0.25) is 4.79 Å². The van der Waals surface area contributed by atoms with Crippen molar-refractivity contribution in [2.24, 2.45) is 0 Å². The predicted octanol–water partition coefficient (Wildman–Crippen LogP) is 0.842. The average molecular weight is 361 g/mol. The summed E-state index contributed by atoms with van der Waals surface area (Å²) in [7, 11) is -3.44. The predicted molar refractivity (Wildman–Crippen MR) is 81.1 cm³/mol. The van der Waals surface area contributed by atoms with Crippen LogP contribution in [0.25, 0.3) is 0 Å². The Labute approximate surface area is 127 Å². The fraction of sp³-hybridized carbons (Fsp3) is 0.462. The van der Waals surface area contributed by atoms with Crippen molar-refractivity contribution in [3.05, 3.63) is 34.3 Å². The van der Waals surface area contributed by atoms with Gasteiger partial charge in [0.1, 0.15) is 5.75 Å². The van der Waals surface area contributed by atoms with Crippen molar-refractivity contribution in [3.63, 3.8) is 0 Å². The van der Waals surface area contributed by atoms with E-state index in [4.69, 9.17) is 0 Å². The Morgan fingerprint density at radius 1 is 1.35 bits per heavy atom. The molecule has 1 atom stereocenters. The van der Waals surface area contributed by atoms with Gasteiger partial charge in [0.25, 0.3) is 0 Å². The average Bonchev–Trinajstić information content (AvgIpc) is 2.83. The molecule has 1 heterocycles.